The SMILES string of the molecule is CO[Si](C)(CCc1c2ccccc2cc2cc3ccccc3cc12)OC.O=P(O)(O)c1c2ccccc2cc2cc3ccccc3cc12.c1ccc(-c2c3ccccc3c(-c3ccccn3)c3ccccc23)nc1.c1ccc(-c2c3ccccc3c(-c3cccnc3)c3ccccc23)nc1.c1cncc(-c2c3ccccc3c(-c3cccnc3)c3ccccc23)c1. The predicted octanol–water partition coefficient (Wildman–Crippen LogP) is 28.4. The van der Waals surface area contributed by atoms with E-state index < -0.39 is 16.2 Å². The summed E-state index contributed by atoms with van der Waals surface area (Å²) in [6.45, 7) is 2.13. The third-order valence-corrected chi connectivity index (χ3v) is 27.9. The average Bonchev–Trinajstić information content (AvgIpc) is 0.735. The Balaban J connectivity index is 0.000000103. The molecule has 0 aliphatic heterocycles. The van der Waals surface area contributed by atoms with E-state index in [0.717, 1.165) is 67.8 Å². The molecule has 126 heavy (non-hydrogen) atoms. The molecule has 606 valence electrons. The molecule has 6 heterocycles. The number of aromatic nitrogens is 6. The molecule has 0 fully saturated rings. The van der Waals surface area contributed by atoms with Gasteiger partial charge in [0.2, 0.25) is 0 Å². The summed E-state index contributed by atoms with van der Waals surface area (Å²) < 4.78 is 23.5. The Kier molecular flexibility index (Phi) is 23.0. The van der Waals surface area contributed by atoms with Crippen LogP contribution in [0.5, 0.6) is 0 Å². The van der Waals surface area contributed by atoms with E-state index in [1.165, 1.54) is 136 Å². The third kappa shape index (κ3) is 16.1. The fourth-order valence-corrected chi connectivity index (χ4v) is 20.3. The second-order valence-electron chi connectivity index (χ2n) is 31.3. The van der Waals surface area contributed by atoms with Gasteiger partial charge in [0.15, 0.2) is 0 Å². The summed E-state index contributed by atoms with van der Waals surface area (Å²) in [5.41, 5.74) is 15.0. The minimum absolute atomic E-state index is 0.117. The van der Waals surface area contributed by atoms with Gasteiger partial charge in [0.25, 0.3) is 0 Å². The van der Waals surface area contributed by atoms with Crippen LogP contribution in [0.25, 0.3) is 196 Å². The van der Waals surface area contributed by atoms with Crippen molar-refractivity contribution in [3.05, 3.63) is 431 Å². The maximum atomic E-state index is 12.1. The minimum atomic E-state index is -4.39. The van der Waals surface area contributed by atoms with Crippen molar-refractivity contribution < 1.29 is 23.2 Å². The maximum absolute atomic E-state index is 12.1. The largest absolute Gasteiger partial charge is 0.398 e. The lowest BCUT2D eigenvalue weighted by atomic mass is 9.87. The molecule has 0 saturated carbocycles. The van der Waals surface area contributed by atoms with Crippen LogP contribution in [0, 0.1) is 0 Å². The molecule has 6 aromatic heterocycles. The number of aryl methyl sites for hydroxylation is 1. The van der Waals surface area contributed by atoms with Crippen LogP contribution in [0.15, 0.2) is 426 Å². The molecule has 0 amide bonds. The van der Waals surface area contributed by atoms with E-state index in [1.54, 1.807) is 26.4 Å². The van der Waals surface area contributed by atoms with Gasteiger partial charge in [-0.25, -0.2) is 0 Å². The van der Waals surface area contributed by atoms with Crippen molar-refractivity contribution in [2.45, 2.75) is 19.0 Å². The summed E-state index contributed by atoms with van der Waals surface area (Å²) in [7, 11) is -2.96. The van der Waals surface area contributed by atoms with Crippen LogP contribution >= 0.6 is 7.60 Å². The number of fused-ring (bicyclic) bond motifs is 12. The van der Waals surface area contributed by atoms with E-state index in [1.807, 2.05) is 165 Å². The summed E-state index contributed by atoms with van der Waals surface area (Å²) in [6, 6.07) is 128. The zero-order valence-corrected chi connectivity index (χ0v) is 71.5. The molecule has 0 bridgehead atoms. The molecule has 2 N–H and O–H groups in total. The van der Waals surface area contributed by atoms with Crippen molar-refractivity contribution in [3.8, 4) is 67.2 Å². The van der Waals surface area contributed by atoms with Crippen molar-refractivity contribution in [3.63, 3.8) is 0 Å². The molecule has 0 radical (unpaired) electrons. The number of benzene rings is 17. The molecule has 0 atom stereocenters. The minimum Gasteiger partial charge on any atom is -0.398 e. The molecule has 0 unspecified atom stereocenters. The van der Waals surface area contributed by atoms with Gasteiger partial charge in [0, 0.05) is 103 Å². The highest BCUT2D eigenvalue weighted by Crippen LogP contribution is 2.48. The van der Waals surface area contributed by atoms with Crippen LogP contribution in [0.3, 0.4) is 0 Å². The number of hydrogen-bond donors (Lipinski definition) is 2. The molecular formula is C113H85N6O5PSi. The second-order valence-corrected chi connectivity index (χ2v) is 36.5. The molecule has 23 aromatic rings. The first-order chi connectivity index (χ1) is 62.0. The van der Waals surface area contributed by atoms with E-state index >= 15 is 0 Å². The van der Waals surface area contributed by atoms with Crippen molar-refractivity contribution in [1.82, 2.24) is 29.9 Å². The highest BCUT2D eigenvalue weighted by Gasteiger charge is 2.30. The van der Waals surface area contributed by atoms with Crippen LogP contribution < -0.4 is 5.30 Å². The van der Waals surface area contributed by atoms with Crippen LogP contribution in [0.2, 0.25) is 12.6 Å². The number of hydrogen-bond acceptors (Lipinski definition) is 9. The first kappa shape index (κ1) is 80.8. The Morgan fingerprint density at radius 1 is 0.262 bits per heavy atom. The molecule has 13 heteroatoms. The second kappa shape index (κ2) is 35.9. The average molecular weight is 1670 g/mol. The lowest BCUT2D eigenvalue weighted by molar-refractivity contribution is 0.249. The standard InChI is InChI=1S/3C24H16N2.C23H24O2Si.C18H13O3P/c1-3-11-20-18(9-1)23(17-8-7-14-25-16-17)19-10-2-4-12-21(19)24(20)22-13-5-6-15-26-22;1-2-10-20-19(9-1)23(17-7-5-13-25-15-17)21-11-3-4-12-22(21)24(20)18-8-6-14-26-16-18;1-2-10-18-17(9-1)23(21-13-5-7-15-25-21)19-11-3-4-12-20(19)24(18)22-14-6-8-16-26-22;1-24-26(3,25-2)13-12-22-21-11-7-6-10-19(21)15-20-14-17-8-4-5-9-18(17)16-23(20)22;19-22(20,21)18-16-8-4-3-7-14(16)10-15-9-12-5-1-2-6-13(12)11-17(15)18/h3*1-16H;4-11,14-16H,12-13H2,1-3H3;1-11H,(H2,19,20,21). The van der Waals surface area contributed by atoms with Crippen LogP contribution in [-0.2, 0) is 19.8 Å². The Morgan fingerprint density at radius 3 is 0.825 bits per heavy atom. The van der Waals surface area contributed by atoms with Gasteiger partial charge >= 0.3 is 16.2 Å². The topological polar surface area (TPSA) is 153 Å². The van der Waals surface area contributed by atoms with Gasteiger partial charge in [-0.1, -0.05) is 279 Å². The normalized spacial score (nSPS) is 11.5. The van der Waals surface area contributed by atoms with Crippen molar-refractivity contribution in [2.24, 2.45) is 0 Å². The first-order valence-electron chi connectivity index (χ1n) is 42.1. The zero-order chi connectivity index (χ0) is 85.5. The molecule has 23 rings (SSSR count). The molecule has 17 aromatic carbocycles. The number of rotatable bonds is 12. The van der Waals surface area contributed by atoms with Crippen LogP contribution in [0.1, 0.15) is 5.56 Å². The fraction of sp³-hybridized carbons (Fsp3) is 0.0442. The smallest absolute Gasteiger partial charge is 0.357 e. The van der Waals surface area contributed by atoms with E-state index in [-0.39, 0.29) is 5.30 Å². The summed E-state index contributed by atoms with van der Waals surface area (Å²) in [6.07, 6.45) is 17.8. The third-order valence-electron chi connectivity index (χ3n) is 23.9. The Labute approximate surface area is 730 Å². The summed E-state index contributed by atoms with van der Waals surface area (Å²) in [4.78, 5) is 46.7. The van der Waals surface area contributed by atoms with Gasteiger partial charge in [0.1, 0.15) is 0 Å². The van der Waals surface area contributed by atoms with E-state index in [4.69, 9.17) is 8.85 Å². The first-order valence-corrected chi connectivity index (χ1v) is 46.2. The number of pyridine rings is 6. The van der Waals surface area contributed by atoms with Crippen molar-refractivity contribution in [2.75, 3.05) is 14.2 Å². The molecular weight excluding hydrogens is 1580 g/mol. The molecule has 0 spiro atoms. The summed E-state index contributed by atoms with van der Waals surface area (Å²) in [5.74, 6) is 0. The van der Waals surface area contributed by atoms with E-state index in [0.29, 0.717) is 10.8 Å². The van der Waals surface area contributed by atoms with Crippen molar-refractivity contribution >= 4 is 151 Å². The number of nitrogens with zero attached hydrogens (tertiary/aromatic N) is 6. The molecule has 0 saturated heterocycles. The van der Waals surface area contributed by atoms with Crippen LogP contribution in [0.4, 0.5) is 0 Å². The summed E-state index contributed by atoms with van der Waals surface area (Å²) in [5, 5.41) is 27.5. The molecule has 0 aliphatic carbocycles. The zero-order valence-electron chi connectivity index (χ0n) is 69.6. The molecule has 11 nitrogen and oxygen atoms in total. The van der Waals surface area contributed by atoms with Gasteiger partial charge in [-0.05, 0) is 262 Å². The van der Waals surface area contributed by atoms with E-state index in [9.17, 15) is 14.4 Å². The van der Waals surface area contributed by atoms with Crippen molar-refractivity contribution in [1.29, 1.82) is 0 Å². The lowest BCUT2D eigenvalue weighted by Gasteiger charge is -2.23. The van der Waals surface area contributed by atoms with E-state index in [2.05, 4.69) is 285 Å². The quantitative estimate of drug-likeness (QED) is 0.0683. The van der Waals surface area contributed by atoms with Gasteiger partial charge in [-0.3, -0.25) is 34.5 Å². The Morgan fingerprint density at radius 2 is 0.524 bits per heavy atom. The molecule has 0 aliphatic rings. The highest BCUT2D eigenvalue weighted by atomic mass is 31.2. The Hall–Kier alpha value is -15.0. The Bertz CT molecular complexity index is 7070. The fourth-order valence-electron chi connectivity index (χ4n) is 18.0. The highest BCUT2D eigenvalue weighted by molar-refractivity contribution is 7.61. The summed E-state index contributed by atoms with van der Waals surface area (Å²) >= 11 is 0. The van der Waals surface area contributed by atoms with Gasteiger partial charge in [0.05, 0.1) is 22.4 Å². The monoisotopic (exact) mass is 1660 g/mol. The lowest BCUT2D eigenvalue weighted by Crippen LogP contribution is -2.36. The predicted molar refractivity (Wildman–Crippen MR) is 527 cm³/mol. The van der Waals surface area contributed by atoms with Gasteiger partial charge in [-0.15, -0.1) is 0 Å². The van der Waals surface area contributed by atoms with Crippen LogP contribution in [-0.4, -0.2) is 62.5 Å². The van der Waals surface area contributed by atoms with Gasteiger partial charge in [-0.2, -0.15) is 0 Å². The van der Waals surface area contributed by atoms with Gasteiger partial charge < -0.3 is 18.6 Å². The maximum Gasteiger partial charge on any atom is 0.357 e.